The Labute approximate surface area is 192 Å². The zero-order chi connectivity index (χ0) is 23.7. The van der Waals surface area contributed by atoms with E-state index in [0.717, 1.165) is 16.2 Å². The van der Waals surface area contributed by atoms with Crippen LogP contribution < -0.4 is 10.6 Å². The number of hydrogen-bond donors (Lipinski definition) is 2. The number of benzene rings is 1. The minimum absolute atomic E-state index is 0.246. The van der Waals surface area contributed by atoms with E-state index in [-0.39, 0.29) is 5.75 Å². The molecule has 0 aliphatic carbocycles. The summed E-state index contributed by atoms with van der Waals surface area (Å²) in [6, 6.07) is 11.7. The molecule has 2 amide bonds. The molecule has 0 spiro atoms. The molecule has 1 aromatic carbocycles. The number of carbonyl (C=O) groups excluding carboxylic acids is 3. The van der Waals surface area contributed by atoms with Crippen molar-refractivity contribution >= 4 is 29.7 Å². The molecule has 2 rings (SSSR count). The summed E-state index contributed by atoms with van der Waals surface area (Å²) in [6.07, 6.45) is 0.984. The lowest BCUT2D eigenvalue weighted by Gasteiger charge is -2.23. The highest BCUT2D eigenvalue weighted by molar-refractivity contribution is 7.99. The lowest BCUT2D eigenvalue weighted by atomic mass is 10.1. The third-order valence-electron chi connectivity index (χ3n) is 4.15. The van der Waals surface area contributed by atoms with Crippen molar-refractivity contribution in [2.24, 2.45) is 0 Å². The molecule has 1 heterocycles. The maximum atomic E-state index is 12.5. The molecule has 0 fully saturated rings. The number of hydrogen-bond acceptors (Lipinski definition) is 7. The zero-order valence-electron chi connectivity index (χ0n) is 18.9. The summed E-state index contributed by atoms with van der Waals surface area (Å²) in [5.74, 6) is -0.852. The summed E-state index contributed by atoms with van der Waals surface area (Å²) in [5, 5.41) is 5.09. The van der Waals surface area contributed by atoms with E-state index in [9.17, 15) is 14.4 Å². The summed E-state index contributed by atoms with van der Waals surface area (Å²) in [6.45, 7) is 6.69. The molecule has 0 saturated carbocycles. The molecular formula is C23H29N3O5S. The van der Waals surface area contributed by atoms with E-state index in [0.29, 0.717) is 0 Å². The highest BCUT2D eigenvalue weighted by Gasteiger charge is 2.26. The third-order valence-corrected chi connectivity index (χ3v) is 5.23. The number of nitrogens with zero attached hydrogens (tertiary/aromatic N) is 1. The molecule has 0 bridgehead atoms. The first-order chi connectivity index (χ1) is 15.1. The van der Waals surface area contributed by atoms with Crippen molar-refractivity contribution in [3.8, 4) is 11.3 Å². The van der Waals surface area contributed by atoms with Gasteiger partial charge in [-0.2, -0.15) is 0 Å². The van der Waals surface area contributed by atoms with E-state index >= 15 is 0 Å². The zero-order valence-corrected chi connectivity index (χ0v) is 19.7. The summed E-state index contributed by atoms with van der Waals surface area (Å²) >= 11 is 1.39. The summed E-state index contributed by atoms with van der Waals surface area (Å²) in [5.41, 5.74) is 1.11. The molecule has 32 heavy (non-hydrogen) atoms. The van der Waals surface area contributed by atoms with Gasteiger partial charge in [-0.25, -0.2) is 9.59 Å². The molecule has 172 valence electrons. The first-order valence-corrected chi connectivity index (χ1v) is 11.1. The fourth-order valence-corrected chi connectivity index (χ4v) is 3.54. The first kappa shape index (κ1) is 25.2. The van der Waals surface area contributed by atoms with Crippen LogP contribution in [0.5, 0.6) is 0 Å². The van der Waals surface area contributed by atoms with Crippen molar-refractivity contribution in [3.05, 3.63) is 48.7 Å². The number of alkyl carbamates (subject to hydrolysis) is 1. The van der Waals surface area contributed by atoms with E-state index in [2.05, 4.69) is 15.6 Å². The molecule has 0 aliphatic heterocycles. The van der Waals surface area contributed by atoms with Crippen molar-refractivity contribution in [2.75, 3.05) is 12.9 Å². The average Bonchev–Trinajstić information content (AvgIpc) is 2.75. The van der Waals surface area contributed by atoms with E-state index in [1.54, 1.807) is 27.0 Å². The maximum absolute atomic E-state index is 12.5. The largest absolute Gasteiger partial charge is 0.467 e. The average molecular weight is 460 g/mol. The molecular weight excluding hydrogens is 430 g/mol. The van der Waals surface area contributed by atoms with Gasteiger partial charge in [0.05, 0.1) is 12.8 Å². The Morgan fingerprint density at radius 1 is 1.09 bits per heavy atom. The van der Waals surface area contributed by atoms with E-state index in [4.69, 9.17) is 9.47 Å². The van der Waals surface area contributed by atoms with Crippen LogP contribution in [0.3, 0.4) is 0 Å². The van der Waals surface area contributed by atoms with Gasteiger partial charge in [0.2, 0.25) is 5.91 Å². The Hall–Kier alpha value is -3.07. The predicted octanol–water partition coefficient (Wildman–Crippen LogP) is 3.41. The molecule has 2 N–H and O–H groups in total. The van der Waals surface area contributed by atoms with Gasteiger partial charge in [0.25, 0.3) is 0 Å². The molecule has 0 radical (unpaired) electrons. The number of thioether (sulfide) groups is 1. The first-order valence-electron chi connectivity index (χ1n) is 10.1. The topological polar surface area (TPSA) is 107 Å². The number of methoxy groups -OCH3 is 1. The van der Waals surface area contributed by atoms with Crippen molar-refractivity contribution in [2.45, 2.75) is 50.3 Å². The molecule has 0 saturated heterocycles. The maximum Gasteiger partial charge on any atom is 0.408 e. The van der Waals surface area contributed by atoms with E-state index in [1.807, 2.05) is 42.5 Å². The normalized spacial score (nSPS) is 12.9. The molecule has 0 aliphatic rings. The minimum Gasteiger partial charge on any atom is -0.467 e. The molecule has 8 nitrogen and oxygen atoms in total. The van der Waals surface area contributed by atoms with Crippen molar-refractivity contribution in [1.82, 2.24) is 15.6 Å². The van der Waals surface area contributed by atoms with Gasteiger partial charge < -0.3 is 20.1 Å². The van der Waals surface area contributed by atoms with Gasteiger partial charge in [0.1, 0.15) is 17.7 Å². The van der Waals surface area contributed by atoms with Crippen LogP contribution in [-0.2, 0) is 19.1 Å². The second-order valence-corrected chi connectivity index (χ2v) is 9.10. The SMILES string of the molecule is COC(=O)[C@H](CSc1ccnc(-c2ccccc2)c1)NC(=O)[C@H](C)NC(=O)OC(C)(C)C. The number of nitrogens with one attached hydrogen (secondary N) is 2. The smallest absolute Gasteiger partial charge is 0.408 e. The van der Waals surface area contributed by atoms with Gasteiger partial charge in [-0.3, -0.25) is 9.78 Å². The second-order valence-electron chi connectivity index (χ2n) is 8.01. The number of aromatic nitrogens is 1. The quantitative estimate of drug-likeness (QED) is 0.460. The second kappa shape index (κ2) is 11.5. The van der Waals surface area contributed by atoms with Crippen molar-refractivity contribution in [1.29, 1.82) is 0 Å². The van der Waals surface area contributed by atoms with Gasteiger partial charge in [-0.1, -0.05) is 30.3 Å². The Kier molecular flexibility index (Phi) is 9.07. The minimum atomic E-state index is -0.896. The van der Waals surface area contributed by atoms with Crippen LogP contribution in [0.1, 0.15) is 27.7 Å². The molecule has 0 unspecified atom stereocenters. The number of esters is 1. The van der Waals surface area contributed by atoms with Gasteiger partial charge in [-0.15, -0.1) is 11.8 Å². The summed E-state index contributed by atoms with van der Waals surface area (Å²) in [7, 11) is 1.26. The number of amides is 2. The van der Waals surface area contributed by atoms with E-state index < -0.39 is 35.7 Å². The lowest BCUT2D eigenvalue weighted by Crippen LogP contribution is -2.52. The monoisotopic (exact) mass is 459 g/mol. The molecule has 2 aromatic rings. The number of carbonyl (C=O) groups is 3. The van der Waals surface area contributed by atoms with Crippen LogP contribution in [0.2, 0.25) is 0 Å². The predicted molar refractivity (Wildman–Crippen MR) is 123 cm³/mol. The summed E-state index contributed by atoms with van der Waals surface area (Å²) in [4.78, 5) is 41.9. The van der Waals surface area contributed by atoms with Gasteiger partial charge in [0.15, 0.2) is 0 Å². The number of rotatable bonds is 8. The highest BCUT2D eigenvalue weighted by atomic mass is 32.2. The van der Waals surface area contributed by atoms with Gasteiger partial charge in [0, 0.05) is 22.4 Å². The van der Waals surface area contributed by atoms with Crippen LogP contribution in [0.25, 0.3) is 11.3 Å². The van der Waals surface area contributed by atoms with Crippen LogP contribution >= 0.6 is 11.8 Å². The Morgan fingerprint density at radius 2 is 1.78 bits per heavy atom. The summed E-state index contributed by atoms with van der Waals surface area (Å²) < 4.78 is 9.98. The van der Waals surface area contributed by atoms with Crippen LogP contribution in [0.4, 0.5) is 4.79 Å². The number of ether oxygens (including phenoxy) is 2. The number of pyridine rings is 1. The Balaban J connectivity index is 2.00. The van der Waals surface area contributed by atoms with Gasteiger partial charge >= 0.3 is 12.1 Å². The van der Waals surface area contributed by atoms with Crippen LogP contribution in [0.15, 0.2) is 53.6 Å². The fraction of sp³-hybridized carbons (Fsp3) is 0.391. The fourth-order valence-electron chi connectivity index (χ4n) is 2.60. The van der Waals surface area contributed by atoms with Crippen molar-refractivity contribution < 1.29 is 23.9 Å². The Bertz CT molecular complexity index is 931. The lowest BCUT2D eigenvalue weighted by molar-refractivity contribution is -0.144. The molecule has 2 atom stereocenters. The van der Waals surface area contributed by atoms with E-state index in [1.165, 1.54) is 25.8 Å². The molecule has 1 aromatic heterocycles. The highest BCUT2D eigenvalue weighted by Crippen LogP contribution is 2.24. The van der Waals surface area contributed by atoms with Crippen LogP contribution in [-0.4, -0.2) is 53.5 Å². The molecule has 9 heteroatoms. The van der Waals surface area contributed by atoms with Crippen LogP contribution in [0, 0.1) is 0 Å². The third kappa shape index (κ3) is 8.22. The standard InChI is InChI=1S/C23H29N3O5S/c1-15(25-22(29)31-23(2,3)4)20(27)26-19(21(28)30-5)14-32-17-11-12-24-18(13-17)16-9-7-6-8-10-16/h6-13,15,19H,14H2,1-5H3,(H,25,29)(H,26,27)/t15-,19-/m0/s1. The van der Waals surface area contributed by atoms with Gasteiger partial charge in [-0.05, 0) is 39.8 Å². The Morgan fingerprint density at radius 3 is 2.41 bits per heavy atom. The van der Waals surface area contributed by atoms with Crippen molar-refractivity contribution in [3.63, 3.8) is 0 Å².